The summed E-state index contributed by atoms with van der Waals surface area (Å²) >= 11 is 1.61. The van der Waals surface area contributed by atoms with Crippen LogP contribution in [0.1, 0.15) is 28.8 Å². The predicted molar refractivity (Wildman–Crippen MR) is 98.7 cm³/mol. The number of anilines is 2. The van der Waals surface area contributed by atoms with E-state index in [-0.39, 0.29) is 17.7 Å². The second kappa shape index (κ2) is 7.09. The lowest BCUT2D eigenvalue weighted by Crippen LogP contribution is -2.14. The van der Waals surface area contributed by atoms with Crippen LogP contribution in [-0.4, -0.2) is 18.1 Å². The number of carbonyl (C=O) groups excluding carboxylic acids is 2. The predicted octanol–water partition coefficient (Wildman–Crippen LogP) is 4.32. The van der Waals surface area contributed by atoms with Crippen LogP contribution < -0.4 is 10.6 Å². The molecular formula is C19H20N2O2S. The molecule has 0 heterocycles. The van der Waals surface area contributed by atoms with E-state index in [1.807, 2.05) is 31.4 Å². The standard InChI is InChI=1S/C19H20N2O2S/c1-12-3-10-16(24-2)11-17(12)19(23)21-15-8-6-14(7-9-15)20-18(22)13-4-5-13/h3,6-11,13H,4-5H2,1-2H3,(H,20,22)(H,21,23). The van der Waals surface area contributed by atoms with Gasteiger partial charge in [0.05, 0.1) is 0 Å². The highest BCUT2D eigenvalue weighted by Crippen LogP contribution is 2.30. The van der Waals surface area contributed by atoms with Crippen molar-refractivity contribution in [3.8, 4) is 0 Å². The van der Waals surface area contributed by atoms with Crippen LogP contribution in [0.2, 0.25) is 0 Å². The lowest BCUT2D eigenvalue weighted by atomic mass is 10.1. The van der Waals surface area contributed by atoms with Gasteiger partial charge in [-0.3, -0.25) is 9.59 Å². The molecule has 4 nitrogen and oxygen atoms in total. The first-order valence-electron chi connectivity index (χ1n) is 7.94. The van der Waals surface area contributed by atoms with Gasteiger partial charge in [0.2, 0.25) is 5.91 Å². The molecule has 1 aliphatic rings. The Hall–Kier alpha value is -2.27. The third-order valence-corrected chi connectivity index (χ3v) is 4.77. The van der Waals surface area contributed by atoms with E-state index in [1.165, 1.54) is 0 Å². The van der Waals surface area contributed by atoms with Crippen molar-refractivity contribution in [3.05, 3.63) is 53.6 Å². The second-order valence-corrected chi connectivity index (χ2v) is 6.86. The molecule has 0 atom stereocenters. The Kier molecular flexibility index (Phi) is 4.90. The average Bonchev–Trinajstić information content (AvgIpc) is 3.42. The van der Waals surface area contributed by atoms with Crippen molar-refractivity contribution in [1.82, 2.24) is 0 Å². The molecule has 1 aliphatic carbocycles. The summed E-state index contributed by atoms with van der Waals surface area (Å²) in [6, 6.07) is 13.1. The Bertz CT molecular complexity index is 767. The molecule has 1 fully saturated rings. The summed E-state index contributed by atoms with van der Waals surface area (Å²) in [5.74, 6) is 0.130. The summed E-state index contributed by atoms with van der Waals surface area (Å²) in [6.07, 6.45) is 3.95. The van der Waals surface area contributed by atoms with Crippen LogP contribution in [0.15, 0.2) is 47.4 Å². The van der Waals surface area contributed by atoms with E-state index in [4.69, 9.17) is 0 Å². The van der Waals surface area contributed by atoms with Crippen molar-refractivity contribution in [3.63, 3.8) is 0 Å². The van der Waals surface area contributed by atoms with Gasteiger partial charge in [0.25, 0.3) is 5.91 Å². The minimum Gasteiger partial charge on any atom is -0.326 e. The van der Waals surface area contributed by atoms with Crippen molar-refractivity contribution in [1.29, 1.82) is 0 Å². The number of benzene rings is 2. The summed E-state index contributed by atoms with van der Waals surface area (Å²) in [6.45, 7) is 1.93. The molecule has 0 spiro atoms. The van der Waals surface area contributed by atoms with Gasteiger partial charge < -0.3 is 10.6 Å². The van der Waals surface area contributed by atoms with E-state index >= 15 is 0 Å². The van der Waals surface area contributed by atoms with Gasteiger partial charge in [-0.2, -0.15) is 0 Å². The van der Waals surface area contributed by atoms with Gasteiger partial charge in [-0.25, -0.2) is 0 Å². The van der Waals surface area contributed by atoms with Crippen LogP contribution in [0.25, 0.3) is 0 Å². The van der Waals surface area contributed by atoms with Crippen LogP contribution in [0.5, 0.6) is 0 Å². The summed E-state index contributed by atoms with van der Waals surface area (Å²) in [4.78, 5) is 25.3. The summed E-state index contributed by atoms with van der Waals surface area (Å²) < 4.78 is 0. The minimum atomic E-state index is -0.127. The Morgan fingerprint density at radius 3 is 2.21 bits per heavy atom. The Labute approximate surface area is 146 Å². The second-order valence-electron chi connectivity index (χ2n) is 5.98. The maximum atomic E-state index is 12.5. The molecular weight excluding hydrogens is 320 g/mol. The molecule has 2 aromatic rings. The maximum Gasteiger partial charge on any atom is 0.255 e. The summed E-state index contributed by atoms with van der Waals surface area (Å²) in [5.41, 5.74) is 3.08. The smallest absolute Gasteiger partial charge is 0.255 e. The van der Waals surface area contributed by atoms with E-state index in [2.05, 4.69) is 10.6 Å². The van der Waals surface area contributed by atoms with Crippen LogP contribution in [0, 0.1) is 12.8 Å². The average molecular weight is 340 g/mol. The van der Waals surface area contributed by atoms with Crippen molar-refractivity contribution in [2.45, 2.75) is 24.7 Å². The number of nitrogens with one attached hydrogen (secondary N) is 2. The number of hydrogen-bond acceptors (Lipinski definition) is 3. The summed E-state index contributed by atoms with van der Waals surface area (Å²) in [5, 5.41) is 5.79. The molecule has 2 N–H and O–H groups in total. The zero-order valence-corrected chi connectivity index (χ0v) is 14.6. The Morgan fingerprint density at radius 2 is 1.62 bits per heavy atom. The van der Waals surface area contributed by atoms with Crippen molar-refractivity contribution < 1.29 is 9.59 Å². The van der Waals surface area contributed by atoms with Crippen molar-refractivity contribution >= 4 is 35.0 Å². The van der Waals surface area contributed by atoms with Gasteiger partial charge in [-0.15, -0.1) is 11.8 Å². The van der Waals surface area contributed by atoms with E-state index in [0.717, 1.165) is 29.0 Å². The van der Waals surface area contributed by atoms with Gasteiger partial charge in [-0.1, -0.05) is 6.07 Å². The van der Waals surface area contributed by atoms with Crippen molar-refractivity contribution in [2.75, 3.05) is 16.9 Å². The van der Waals surface area contributed by atoms with Gasteiger partial charge in [0.15, 0.2) is 0 Å². The van der Waals surface area contributed by atoms with Gasteiger partial charge in [-0.05, 0) is 68.0 Å². The molecule has 3 rings (SSSR count). The molecule has 0 unspecified atom stereocenters. The fourth-order valence-corrected chi connectivity index (χ4v) is 2.84. The zero-order valence-electron chi connectivity index (χ0n) is 13.8. The van der Waals surface area contributed by atoms with E-state index in [9.17, 15) is 9.59 Å². The Balaban J connectivity index is 1.67. The van der Waals surface area contributed by atoms with Crippen molar-refractivity contribution in [2.24, 2.45) is 5.92 Å². The number of carbonyl (C=O) groups is 2. The quantitative estimate of drug-likeness (QED) is 0.797. The molecule has 0 aromatic heterocycles. The topological polar surface area (TPSA) is 58.2 Å². The first-order chi connectivity index (χ1) is 11.6. The van der Waals surface area contributed by atoms with E-state index in [0.29, 0.717) is 11.3 Å². The molecule has 2 amide bonds. The van der Waals surface area contributed by atoms with Gasteiger partial charge in [0, 0.05) is 27.8 Å². The highest BCUT2D eigenvalue weighted by molar-refractivity contribution is 7.98. The van der Waals surface area contributed by atoms with Crippen LogP contribution in [0.4, 0.5) is 11.4 Å². The number of amides is 2. The lowest BCUT2D eigenvalue weighted by molar-refractivity contribution is -0.117. The van der Waals surface area contributed by atoms with Crippen LogP contribution >= 0.6 is 11.8 Å². The molecule has 124 valence electrons. The van der Waals surface area contributed by atoms with Crippen LogP contribution in [0.3, 0.4) is 0 Å². The fraction of sp³-hybridized carbons (Fsp3) is 0.263. The first kappa shape index (κ1) is 16.6. The normalized spacial score (nSPS) is 13.4. The monoisotopic (exact) mass is 340 g/mol. The largest absolute Gasteiger partial charge is 0.326 e. The van der Waals surface area contributed by atoms with Gasteiger partial charge >= 0.3 is 0 Å². The molecule has 0 aliphatic heterocycles. The number of rotatable bonds is 5. The van der Waals surface area contributed by atoms with Gasteiger partial charge in [0.1, 0.15) is 0 Å². The van der Waals surface area contributed by atoms with Crippen LogP contribution in [-0.2, 0) is 4.79 Å². The first-order valence-corrected chi connectivity index (χ1v) is 9.16. The third kappa shape index (κ3) is 3.97. The maximum absolute atomic E-state index is 12.5. The van der Waals surface area contributed by atoms with E-state index in [1.54, 1.807) is 36.0 Å². The molecule has 0 saturated heterocycles. The van der Waals surface area contributed by atoms with E-state index < -0.39 is 0 Å². The molecule has 5 heteroatoms. The molecule has 0 bridgehead atoms. The minimum absolute atomic E-state index is 0.0799. The number of thioether (sulfide) groups is 1. The summed E-state index contributed by atoms with van der Waals surface area (Å²) in [7, 11) is 0. The molecule has 2 aromatic carbocycles. The fourth-order valence-electron chi connectivity index (χ4n) is 2.40. The molecule has 0 radical (unpaired) electrons. The lowest BCUT2D eigenvalue weighted by Gasteiger charge is -2.10. The highest BCUT2D eigenvalue weighted by Gasteiger charge is 2.29. The SMILES string of the molecule is CSc1ccc(C)c(C(=O)Nc2ccc(NC(=O)C3CC3)cc2)c1. The molecule has 1 saturated carbocycles. The Morgan fingerprint density at radius 1 is 1.00 bits per heavy atom. The zero-order chi connectivity index (χ0) is 17.1. The number of hydrogen-bond donors (Lipinski definition) is 2. The molecule has 24 heavy (non-hydrogen) atoms. The number of aryl methyl sites for hydroxylation is 1. The highest BCUT2D eigenvalue weighted by atomic mass is 32.2. The third-order valence-electron chi connectivity index (χ3n) is 4.05.